The Morgan fingerprint density at radius 1 is 0.844 bits per heavy atom. The van der Waals surface area contributed by atoms with Gasteiger partial charge in [-0.1, -0.05) is 64.7 Å². The molecule has 5 aliphatic carbocycles. The summed E-state index contributed by atoms with van der Waals surface area (Å²) in [5, 5.41) is 74.2. The highest BCUT2D eigenvalue weighted by Gasteiger charge is 2.59. The number of aliphatic hydroxyl groups excluding tert-OH is 3. The van der Waals surface area contributed by atoms with E-state index in [1.54, 1.807) is 19.2 Å². The van der Waals surface area contributed by atoms with Gasteiger partial charge in [0.05, 0.1) is 31.0 Å². The van der Waals surface area contributed by atoms with Gasteiger partial charge in [0.2, 0.25) is 0 Å². The second-order valence-electron chi connectivity index (χ2n) is 25.8. The van der Waals surface area contributed by atoms with Crippen molar-refractivity contribution < 1.29 is 49.6 Å². The van der Waals surface area contributed by atoms with Crippen molar-refractivity contribution in [2.75, 3.05) is 33.4 Å². The number of hydrogen-bond donors (Lipinski definition) is 8. The molecule has 0 amide bonds. The average Bonchev–Trinajstić information content (AvgIpc) is 4.14. The fourth-order valence-corrected chi connectivity index (χ4v) is 16.9. The molecule has 8 bridgehead atoms. The first-order chi connectivity index (χ1) is 37.1. The first-order valence-corrected chi connectivity index (χ1v) is 29.9. The molecule has 13 nitrogen and oxygen atoms in total. The lowest BCUT2D eigenvalue weighted by Crippen LogP contribution is -2.54. The molecule has 77 heavy (non-hydrogen) atoms. The minimum atomic E-state index is -0.924. The van der Waals surface area contributed by atoms with Gasteiger partial charge in [0.25, 0.3) is 0 Å². The van der Waals surface area contributed by atoms with Crippen molar-refractivity contribution in [1.82, 2.24) is 5.32 Å². The summed E-state index contributed by atoms with van der Waals surface area (Å²) in [4.78, 5) is 5.18. The molecular formula is C64H89N3O10. The number of nitrogens with two attached hydrogens (primary N) is 1. The van der Waals surface area contributed by atoms with E-state index in [0.717, 1.165) is 130 Å². The first-order valence-electron chi connectivity index (χ1n) is 29.9. The minimum absolute atomic E-state index is 0.00255. The number of fused-ring (bicyclic) bond motifs is 2. The predicted octanol–water partition coefficient (Wildman–Crippen LogP) is 10.1. The van der Waals surface area contributed by atoms with Gasteiger partial charge in [0.15, 0.2) is 17.5 Å². The molecule has 0 radical (unpaired) electrons. The molecule has 3 aromatic carbocycles. The van der Waals surface area contributed by atoms with Gasteiger partial charge in [-0.2, -0.15) is 0 Å². The Hall–Kier alpha value is -4.53. The molecule has 3 aromatic rings. The average molecular weight is 1060 g/mol. The molecule has 11 aliphatic rings. The SMILES string of the molecule is CC[C@H]1C[C@@H]2C=C[C@H]1C[C@H](O)C[C@]1(CCC[C@@]13CCO[C@@H](C1(O)CCCC1)C3)CN=C(N)NCC[C@H]1[C@H](CO)CCC[C@@H]1Oc1cc(ccc1O)[C@@H]1Oc3cc(OC)c4c(c3C[C@H]1O)[C@H]2Cc1cc(O)c(CC(C)C)cc1-4. The number of hydrogen-bond acceptors (Lipinski definition) is 13. The second kappa shape index (κ2) is 22.2. The quantitative estimate of drug-likeness (QED) is 0.109. The van der Waals surface area contributed by atoms with Crippen LogP contribution in [0.25, 0.3) is 11.1 Å². The van der Waals surface area contributed by atoms with E-state index in [1.165, 1.54) is 0 Å². The Morgan fingerprint density at radius 2 is 1.65 bits per heavy atom. The summed E-state index contributed by atoms with van der Waals surface area (Å²) in [6.45, 7) is 8.20. The number of rotatable bonds is 6. The van der Waals surface area contributed by atoms with Gasteiger partial charge in [0, 0.05) is 55.8 Å². The molecule has 1 saturated heterocycles. The van der Waals surface area contributed by atoms with Crippen LogP contribution in [0.4, 0.5) is 0 Å². The van der Waals surface area contributed by atoms with E-state index in [-0.39, 0.29) is 65.0 Å². The number of aliphatic hydroxyl groups is 4. The summed E-state index contributed by atoms with van der Waals surface area (Å²) in [6.07, 6.45) is 18.1. The van der Waals surface area contributed by atoms with Gasteiger partial charge in [0.1, 0.15) is 29.5 Å². The van der Waals surface area contributed by atoms with Crippen molar-refractivity contribution in [1.29, 1.82) is 0 Å². The largest absolute Gasteiger partial charge is 0.508 e. The number of aromatic hydroxyl groups is 2. The number of phenolic OH excluding ortho intramolecular Hbond substituents is 2. The molecule has 0 aromatic heterocycles. The highest BCUT2D eigenvalue weighted by Crippen LogP contribution is 2.64. The third kappa shape index (κ3) is 10.4. The first kappa shape index (κ1) is 54.4. The summed E-state index contributed by atoms with van der Waals surface area (Å²) in [6, 6.07) is 11.4. The lowest BCUT2D eigenvalue weighted by atomic mass is 9.57. The zero-order valence-electron chi connectivity index (χ0n) is 46.4. The second-order valence-corrected chi connectivity index (χ2v) is 25.8. The van der Waals surface area contributed by atoms with E-state index in [4.69, 9.17) is 29.7 Å². The Labute approximate surface area is 457 Å². The van der Waals surface area contributed by atoms with E-state index in [2.05, 4.69) is 44.3 Å². The van der Waals surface area contributed by atoms with Crippen LogP contribution in [0.1, 0.15) is 170 Å². The van der Waals surface area contributed by atoms with Crippen molar-refractivity contribution in [2.24, 2.45) is 57.1 Å². The smallest absolute Gasteiger partial charge is 0.188 e. The third-order valence-electron chi connectivity index (χ3n) is 20.9. The number of ether oxygens (including phenoxy) is 4. The number of nitrogens with zero attached hydrogens (tertiary/aromatic N) is 1. The summed E-state index contributed by atoms with van der Waals surface area (Å²) in [5.74, 6) is 3.18. The molecule has 420 valence electrons. The van der Waals surface area contributed by atoms with E-state index in [1.807, 2.05) is 18.2 Å². The van der Waals surface area contributed by atoms with Crippen LogP contribution >= 0.6 is 0 Å². The lowest BCUT2D eigenvalue weighted by Gasteiger charge is -2.53. The van der Waals surface area contributed by atoms with Gasteiger partial charge in [-0.3, -0.25) is 4.99 Å². The maximum atomic E-state index is 12.7. The summed E-state index contributed by atoms with van der Waals surface area (Å²) in [5.41, 5.74) is 12.3. The Morgan fingerprint density at radius 3 is 2.43 bits per heavy atom. The Balaban J connectivity index is 1.00. The van der Waals surface area contributed by atoms with Crippen LogP contribution in [-0.2, 0) is 24.0 Å². The number of guanidine groups is 1. The molecule has 13 atom stereocenters. The number of nitrogens with one attached hydrogen (secondary N) is 1. The van der Waals surface area contributed by atoms with Crippen molar-refractivity contribution >= 4 is 5.96 Å². The maximum absolute atomic E-state index is 12.7. The predicted molar refractivity (Wildman–Crippen MR) is 299 cm³/mol. The lowest BCUT2D eigenvalue weighted by molar-refractivity contribution is -0.174. The van der Waals surface area contributed by atoms with Crippen LogP contribution in [0.5, 0.6) is 28.7 Å². The molecule has 14 rings (SSSR count). The highest BCUT2D eigenvalue weighted by atomic mass is 16.5. The van der Waals surface area contributed by atoms with Gasteiger partial charge < -0.3 is 60.6 Å². The molecule has 9 N–H and O–H groups in total. The fraction of sp³-hybridized carbons (Fsp3) is 0.672. The molecule has 2 spiro atoms. The van der Waals surface area contributed by atoms with Crippen LogP contribution in [0.2, 0.25) is 0 Å². The zero-order valence-corrected chi connectivity index (χ0v) is 46.4. The van der Waals surface area contributed by atoms with Crippen LogP contribution in [0.15, 0.2) is 53.5 Å². The van der Waals surface area contributed by atoms with Gasteiger partial charge >= 0.3 is 0 Å². The molecule has 0 unspecified atom stereocenters. The number of aliphatic imine (C=N–C) groups is 1. The molecular weight excluding hydrogens is 971 g/mol. The number of phenols is 2. The van der Waals surface area contributed by atoms with Crippen molar-refractivity contribution in [3.8, 4) is 39.9 Å². The van der Waals surface area contributed by atoms with Crippen molar-refractivity contribution in [3.63, 3.8) is 0 Å². The van der Waals surface area contributed by atoms with Gasteiger partial charge in [-0.05, 0) is 195 Å². The third-order valence-corrected chi connectivity index (χ3v) is 20.9. The molecule has 13 heteroatoms. The normalized spacial score (nSPS) is 35.0. The van der Waals surface area contributed by atoms with Crippen LogP contribution in [-0.4, -0.2) is 100 Å². The number of allylic oxidation sites excluding steroid dienone is 2. The fourth-order valence-electron chi connectivity index (χ4n) is 16.9. The molecule has 4 fully saturated rings. The van der Waals surface area contributed by atoms with Crippen molar-refractivity contribution in [3.05, 3.63) is 76.4 Å². The van der Waals surface area contributed by atoms with Gasteiger partial charge in [-0.25, -0.2) is 0 Å². The van der Waals surface area contributed by atoms with E-state index >= 15 is 0 Å². The van der Waals surface area contributed by atoms with E-state index < -0.39 is 23.9 Å². The Kier molecular flexibility index (Phi) is 15.7. The monoisotopic (exact) mass is 1060 g/mol. The minimum Gasteiger partial charge on any atom is -0.508 e. The standard InChI is InChI=1S/C64H89N3O10/c1-5-38-25-40-13-12-39(38)26-45(69)33-63(18-9-17-62(63)21-23-75-57(34-62)64(73)19-6-7-20-64)36-67-61(65)66-22-16-46-42(35-68)10-8-11-53(46)76-55-30-41(14-15-50(55)70)60-52(72)31-49-54(77-60)32-56(74-4)59-48-28-44(24-37(2)3)51(71)29-43(48)27-47(40)58(49)59/h12-15,28-30,32,37-40,42,45-47,52-53,57,60,68-73H,5-11,16-27,31,33-36H2,1-4H3,(H3,65,66,67)/t38-,39-,40-,42-,45-,46-,47-,52+,53-,57+,60-,62-,63+/m0/s1. The number of methoxy groups -OCH3 is 1. The maximum Gasteiger partial charge on any atom is 0.188 e. The summed E-state index contributed by atoms with van der Waals surface area (Å²) in [7, 11) is 1.71. The van der Waals surface area contributed by atoms with Crippen LogP contribution in [0, 0.1) is 46.3 Å². The highest BCUT2D eigenvalue weighted by molar-refractivity contribution is 5.84. The number of benzene rings is 3. The van der Waals surface area contributed by atoms with E-state index in [9.17, 15) is 30.6 Å². The van der Waals surface area contributed by atoms with E-state index in [0.29, 0.717) is 98.2 Å². The Bertz CT molecular complexity index is 2670. The van der Waals surface area contributed by atoms with Crippen LogP contribution < -0.4 is 25.3 Å². The molecule has 6 aliphatic heterocycles. The molecule has 3 saturated carbocycles. The van der Waals surface area contributed by atoms with Crippen LogP contribution in [0.3, 0.4) is 0 Å². The van der Waals surface area contributed by atoms with Gasteiger partial charge in [-0.15, -0.1) is 0 Å². The van der Waals surface area contributed by atoms with Crippen molar-refractivity contribution in [2.45, 2.75) is 191 Å². The zero-order chi connectivity index (χ0) is 53.8. The topological polar surface area (TPSA) is 209 Å². The summed E-state index contributed by atoms with van der Waals surface area (Å²) >= 11 is 0. The molecule has 6 heterocycles. The summed E-state index contributed by atoms with van der Waals surface area (Å²) < 4.78 is 26.7.